The van der Waals surface area contributed by atoms with Crippen molar-refractivity contribution in [2.24, 2.45) is 0 Å². The van der Waals surface area contributed by atoms with E-state index in [0.29, 0.717) is 55.4 Å². The number of anilines is 1. The molecule has 3 N–H and O–H groups in total. The SMILES string of the molecule is Cc1ccc2oc(-c3ccc(NC(=S)NC(=O)/C=C/c4ccc(-c5ccc(Cl)cc5Cl)o4)cc3O)nc2c1. The highest BCUT2D eigenvalue weighted by molar-refractivity contribution is 7.80. The molecule has 7 nitrogen and oxygen atoms in total. The molecule has 190 valence electrons. The van der Waals surface area contributed by atoms with E-state index in [9.17, 15) is 9.90 Å². The molecule has 0 bridgehead atoms. The van der Waals surface area contributed by atoms with Crippen molar-refractivity contribution < 1.29 is 18.7 Å². The van der Waals surface area contributed by atoms with Gasteiger partial charge in [0.15, 0.2) is 10.7 Å². The van der Waals surface area contributed by atoms with E-state index in [1.54, 1.807) is 42.5 Å². The predicted molar refractivity (Wildman–Crippen MR) is 153 cm³/mol. The Morgan fingerprint density at radius 1 is 1.00 bits per heavy atom. The molecule has 1 amide bonds. The number of thiocarbonyl (C=S) groups is 1. The van der Waals surface area contributed by atoms with Crippen LogP contribution in [0.25, 0.3) is 40.0 Å². The largest absolute Gasteiger partial charge is 0.507 e. The molecule has 0 radical (unpaired) electrons. The summed E-state index contributed by atoms with van der Waals surface area (Å²) in [5, 5.41) is 17.0. The molecule has 5 aromatic rings. The van der Waals surface area contributed by atoms with Gasteiger partial charge in [-0.25, -0.2) is 4.98 Å². The van der Waals surface area contributed by atoms with Gasteiger partial charge in [-0.3, -0.25) is 10.1 Å². The molecule has 0 aliphatic carbocycles. The second-order valence-electron chi connectivity index (χ2n) is 8.33. The number of oxazole rings is 1. The van der Waals surface area contributed by atoms with E-state index in [-0.39, 0.29) is 10.9 Å². The van der Waals surface area contributed by atoms with Crippen molar-refractivity contribution in [3.8, 4) is 28.5 Å². The topological polar surface area (TPSA) is 101 Å². The molecular weight excluding hydrogens is 545 g/mol. The first-order valence-electron chi connectivity index (χ1n) is 11.3. The first kappa shape index (κ1) is 25.5. The first-order chi connectivity index (χ1) is 18.2. The Morgan fingerprint density at radius 3 is 2.61 bits per heavy atom. The summed E-state index contributed by atoms with van der Waals surface area (Å²) in [5.41, 5.74) is 3.99. The number of nitrogens with one attached hydrogen (secondary N) is 2. The van der Waals surface area contributed by atoms with Gasteiger partial charge in [-0.1, -0.05) is 29.3 Å². The molecule has 0 atom stereocenters. The van der Waals surface area contributed by atoms with E-state index in [1.165, 1.54) is 18.2 Å². The second kappa shape index (κ2) is 10.7. The molecule has 38 heavy (non-hydrogen) atoms. The Bertz CT molecular complexity index is 1720. The van der Waals surface area contributed by atoms with E-state index in [0.717, 1.165) is 5.56 Å². The molecule has 3 aromatic carbocycles. The van der Waals surface area contributed by atoms with E-state index in [4.69, 9.17) is 44.3 Å². The van der Waals surface area contributed by atoms with Crippen molar-refractivity contribution in [2.45, 2.75) is 6.92 Å². The van der Waals surface area contributed by atoms with Crippen LogP contribution < -0.4 is 10.6 Å². The summed E-state index contributed by atoms with van der Waals surface area (Å²) in [7, 11) is 0. The lowest BCUT2D eigenvalue weighted by Gasteiger charge is -2.09. The van der Waals surface area contributed by atoms with Crippen molar-refractivity contribution >= 4 is 69.3 Å². The van der Waals surface area contributed by atoms with Crippen LogP contribution in [0, 0.1) is 6.92 Å². The fourth-order valence-corrected chi connectivity index (χ4v) is 4.41. The maximum atomic E-state index is 12.3. The third kappa shape index (κ3) is 5.73. The number of benzene rings is 3. The highest BCUT2D eigenvalue weighted by Crippen LogP contribution is 2.34. The first-order valence-corrected chi connectivity index (χ1v) is 12.5. The predicted octanol–water partition coefficient (Wildman–Crippen LogP) is 7.60. The van der Waals surface area contributed by atoms with Gasteiger partial charge in [0.2, 0.25) is 11.8 Å². The minimum absolute atomic E-state index is 0.0530. The van der Waals surface area contributed by atoms with E-state index >= 15 is 0 Å². The Balaban J connectivity index is 1.20. The normalized spacial score (nSPS) is 11.2. The van der Waals surface area contributed by atoms with Crippen molar-refractivity contribution in [3.63, 3.8) is 0 Å². The van der Waals surface area contributed by atoms with Crippen molar-refractivity contribution in [3.05, 3.63) is 94.2 Å². The standard InChI is InChI=1S/C28H19Cl2N3O4S/c1-15-2-9-25-22(12-15)32-27(37-25)20-8-4-17(14-23(20)34)31-28(38)33-26(35)11-6-18-5-10-24(36-18)19-7-3-16(29)13-21(19)30/h2-14,34H,1H3,(H2,31,33,35,38)/b11-6+. The lowest BCUT2D eigenvalue weighted by molar-refractivity contribution is -0.115. The zero-order valence-corrected chi connectivity index (χ0v) is 22.1. The average molecular weight is 564 g/mol. The number of aromatic hydroxyl groups is 1. The Kier molecular flexibility index (Phi) is 7.20. The summed E-state index contributed by atoms with van der Waals surface area (Å²) >= 11 is 17.4. The van der Waals surface area contributed by atoms with E-state index in [2.05, 4.69) is 15.6 Å². The monoisotopic (exact) mass is 563 g/mol. The summed E-state index contributed by atoms with van der Waals surface area (Å²) in [6, 6.07) is 19.0. The van der Waals surface area contributed by atoms with Crippen molar-refractivity contribution in [2.75, 3.05) is 5.32 Å². The van der Waals surface area contributed by atoms with Crippen LogP contribution >= 0.6 is 35.4 Å². The molecule has 0 aliphatic heterocycles. The zero-order valence-electron chi connectivity index (χ0n) is 19.8. The summed E-state index contributed by atoms with van der Waals surface area (Å²) in [5.74, 6) is 0.777. The van der Waals surface area contributed by atoms with Gasteiger partial charge in [0.05, 0.1) is 10.6 Å². The molecule has 0 saturated carbocycles. The van der Waals surface area contributed by atoms with Crippen molar-refractivity contribution in [1.82, 2.24) is 10.3 Å². The molecule has 2 heterocycles. The van der Waals surface area contributed by atoms with Gasteiger partial charge >= 0.3 is 0 Å². The fraction of sp³-hybridized carbons (Fsp3) is 0.0357. The number of phenolic OH excluding ortho intramolecular Hbond substituents is 1. The van der Waals surface area contributed by atoms with Gasteiger partial charge in [-0.2, -0.15) is 0 Å². The number of fused-ring (bicyclic) bond motifs is 1. The molecule has 0 saturated heterocycles. The van der Waals surface area contributed by atoms with E-state index < -0.39 is 5.91 Å². The fourth-order valence-electron chi connectivity index (χ4n) is 3.69. The van der Waals surface area contributed by atoms with Gasteiger partial charge in [0.25, 0.3) is 0 Å². The number of phenols is 1. The molecule has 0 aliphatic rings. The maximum absolute atomic E-state index is 12.3. The Morgan fingerprint density at radius 2 is 1.82 bits per heavy atom. The summed E-state index contributed by atoms with van der Waals surface area (Å²) in [4.78, 5) is 16.8. The molecule has 0 spiro atoms. The van der Waals surface area contributed by atoms with Crippen LogP contribution in [0.15, 0.2) is 81.6 Å². The number of aromatic nitrogens is 1. The van der Waals surface area contributed by atoms with Crippen LogP contribution in [0.4, 0.5) is 5.69 Å². The van der Waals surface area contributed by atoms with E-state index in [1.807, 2.05) is 25.1 Å². The summed E-state index contributed by atoms with van der Waals surface area (Å²) in [6.45, 7) is 1.97. The maximum Gasteiger partial charge on any atom is 0.250 e. The molecule has 5 rings (SSSR count). The number of halogens is 2. The Hall–Kier alpha value is -4.11. The summed E-state index contributed by atoms with van der Waals surface area (Å²) < 4.78 is 11.5. The molecule has 10 heteroatoms. The number of aryl methyl sites for hydroxylation is 1. The lowest BCUT2D eigenvalue weighted by atomic mass is 10.2. The minimum atomic E-state index is -0.465. The lowest BCUT2D eigenvalue weighted by Crippen LogP contribution is -2.32. The van der Waals surface area contributed by atoms with Crippen LogP contribution in [0.1, 0.15) is 11.3 Å². The number of hydrogen-bond acceptors (Lipinski definition) is 6. The van der Waals surface area contributed by atoms with Crippen LogP contribution in [-0.2, 0) is 4.79 Å². The molecule has 2 aromatic heterocycles. The molecule has 0 fully saturated rings. The number of carbonyl (C=O) groups excluding carboxylic acids is 1. The second-order valence-corrected chi connectivity index (χ2v) is 9.58. The summed E-state index contributed by atoms with van der Waals surface area (Å²) in [6.07, 6.45) is 2.79. The smallest absolute Gasteiger partial charge is 0.250 e. The quantitative estimate of drug-likeness (QED) is 0.149. The van der Waals surface area contributed by atoms with Gasteiger partial charge in [0, 0.05) is 28.4 Å². The highest BCUT2D eigenvalue weighted by atomic mass is 35.5. The number of nitrogens with zero attached hydrogens (tertiary/aromatic N) is 1. The van der Waals surface area contributed by atoms with Crippen LogP contribution in [0.2, 0.25) is 10.0 Å². The van der Waals surface area contributed by atoms with Gasteiger partial charge in [-0.05, 0) is 85.4 Å². The van der Waals surface area contributed by atoms with Crippen LogP contribution in [-0.4, -0.2) is 21.1 Å². The minimum Gasteiger partial charge on any atom is -0.507 e. The molecule has 0 unspecified atom stereocenters. The van der Waals surface area contributed by atoms with Crippen LogP contribution in [0.5, 0.6) is 5.75 Å². The highest BCUT2D eigenvalue weighted by Gasteiger charge is 2.14. The average Bonchev–Trinajstić information content (AvgIpc) is 3.49. The number of amides is 1. The van der Waals surface area contributed by atoms with Gasteiger partial charge in [-0.15, -0.1) is 0 Å². The Labute approximate surface area is 232 Å². The number of hydrogen-bond donors (Lipinski definition) is 3. The number of rotatable bonds is 5. The van der Waals surface area contributed by atoms with Crippen LogP contribution in [0.3, 0.4) is 0 Å². The number of carbonyl (C=O) groups is 1. The molecular formula is C28H19Cl2N3O4S. The zero-order chi connectivity index (χ0) is 26.8. The third-order valence-corrected chi connectivity index (χ3v) is 6.24. The van der Waals surface area contributed by atoms with Gasteiger partial charge in [0.1, 0.15) is 22.8 Å². The van der Waals surface area contributed by atoms with Crippen molar-refractivity contribution in [1.29, 1.82) is 0 Å². The van der Waals surface area contributed by atoms with Gasteiger partial charge < -0.3 is 19.3 Å². The number of furan rings is 1. The third-order valence-electron chi connectivity index (χ3n) is 5.49.